The molecule has 0 saturated heterocycles. The molecule has 0 saturated carbocycles. The number of amides is 2. The third kappa shape index (κ3) is 2.19. The molecule has 3 rings (SSSR count). The number of carbonyl (C=O) groups is 2. The third-order valence-corrected chi connectivity index (χ3v) is 3.80. The summed E-state index contributed by atoms with van der Waals surface area (Å²) in [5, 5.41) is 3.00. The normalized spacial score (nSPS) is 17.1. The predicted octanol–water partition coefficient (Wildman–Crippen LogP) is 2.05. The molecular formula is C16H20N2O2. The zero-order valence-electron chi connectivity index (χ0n) is 12.2. The first-order valence-electron chi connectivity index (χ1n) is 7.14. The molecule has 1 N–H and O–H groups in total. The topological polar surface area (TPSA) is 49.4 Å². The van der Waals surface area contributed by atoms with Crippen molar-refractivity contribution in [1.29, 1.82) is 0 Å². The maximum absolute atomic E-state index is 12.3. The van der Waals surface area contributed by atoms with Gasteiger partial charge in [-0.25, -0.2) is 0 Å². The molecule has 0 aromatic heterocycles. The fraction of sp³-hybridized carbons (Fsp3) is 0.500. The molecule has 0 unspecified atom stereocenters. The number of nitrogens with zero attached hydrogens (tertiary/aromatic N) is 1. The minimum absolute atomic E-state index is 0.0353. The zero-order chi connectivity index (χ0) is 14.5. The van der Waals surface area contributed by atoms with Crippen LogP contribution < -0.4 is 10.2 Å². The molecule has 2 amide bonds. The largest absolute Gasteiger partial charge is 0.347 e. The van der Waals surface area contributed by atoms with Crippen LogP contribution in [0.15, 0.2) is 12.1 Å². The van der Waals surface area contributed by atoms with E-state index in [-0.39, 0.29) is 17.4 Å². The van der Waals surface area contributed by atoms with Gasteiger partial charge in [0.1, 0.15) is 0 Å². The van der Waals surface area contributed by atoms with Crippen molar-refractivity contribution in [2.24, 2.45) is 0 Å². The Balaban J connectivity index is 1.97. The van der Waals surface area contributed by atoms with Gasteiger partial charge in [-0.3, -0.25) is 9.59 Å². The van der Waals surface area contributed by atoms with Gasteiger partial charge in [0.2, 0.25) is 5.91 Å². The zero-order valence-corrected chi connectivity index (χ0v) is 12.2. The summed E-state index contributed by atoms with van der Waals surface area (Å²) >= 11 is 0. The third-order valence-electron chi connectivity index (χ3n) is 3.80. The Morgan fingerprint density at radius 1 is 1.15 bits per heavy atom. The predicted molar refractivity (Wildman–Crippen MR) is 78.0 cm³/mol. The number of rotatable bonds is 1. The van der Waals surface area contributed by atoms with Crippen molar-refractivity contribution in [1.82, 2.24) is 5.32 Å². The molecule has 0 spiro atoms. The van der Waals surface area contributed by atoms with E-state index in [1.165, 1.54) is 0 Å². The maximum Gasteiger partial charge on any atom is 0.251 e. The molecule has 2 aliphatic rings. The smallest absolute Gasteiger partial charge is 0.251 e. The van der Waals surface area contributed by atoms with Gasteiger partial charge in [0.25, 0.3) is 5.91 Å². The maximum atomic E-state index is 12.3. The Morgan fingerprint density at radius 3 is 2.45 bits per heavy atom. The number of hydrogen-bond donors (Lipinski definition) is 1. The first kappa shape index (κ1) is 13.2. The monoisotopic (exact) mass is 272 g/mol. The van der Waals surface area contributed by atoms with Crippen molar-refractivity contribution in [3.8, 4) is 0 Å². The summed E-state index contributed by atoms with van der Waals surface area (Å²) in [6.45, 7) is 6.68. The number of carbonyl (C=O) groups excluding carboxylic acids is 2. The fourth-order valence-electron chi connectivity index (χ4n) is 3.00. The van der Waals surface area contributed by atoms with Crippen LogP contribution in [0.5, 0.6) is 0 Å². The van der Waals surface area contributed by atoms with Gasteiger partial charge >= 0.3 is 0 Å². The van der Waals surface area contributed by atoms with E-state index in [0.29, 0.717) is 12.0 Å². The van der Waals surface area contributed by atoms with Gasteiger partial charge in [-0.15, -0.1) is 0 Å². The van der Waals surface area contributed by atoms with E-state index in [1.807, 2.05) is 37.8 Å². The second-order valence-corrected chi connectivity index (χ2v) is 6.64. The summed E-state index contributed by atoms with van der Waals surface area (Å²) in [6, 6.07) is 3.89. The van der Waals surface area contributed by atoms with E-state index in [0.717, 1.165) is 36.2 Å². The molecule has 4 heteroatoms. The Hall–Kier alpha value is -1.84. The highest BCUT2D eigenvalue weighted by Crippen LogP contribution is 2.37. The minimum Gasteiger partial charge on any atom is -0.347 e. The number of hydrogen-bond acceptors (Lipinski definition) is 2. The first-order valence-corrected chi connectivity index (χ1v) is 7.14. The SMILES string of the molecule is CC(C)(C)NC(=O)c1cc2c3c(c1)CCN3C(=O)CC2. The molecule has 0 radical (unpaired) electrons. The Bertz CT molecular complexity index is 599. The van der Waals surface area contributed by atoms with Crippen molar-refractivity contribution in [3.63, 3.8) is 0 Å². The lowest BCUT2D eigenvalue weighted by molar-refractivity contribution is -0.118. The van der Waals surface area contributed by atoms with Gasteiger partial charge in [0.05, 0.1) is 5.69 Å². The molecule has 1 aromatic rings. The quantitative estimate of drug-likeness (QED) is 0.850. The molecule has 0 bridgehead atoms. The Morgan fingerprint density at radius 2 is 1.80 bits per heavy atom. The van der Waals surface area contributed by atoms with E-state index in [1.54, 1.807) is 0 Å². The summed E-state index contributed by atoms with van der Waals surface area (Å²) in [6.07, 6.45) is 2.15. The standard InChI is InChI=1S/C16H20N2O2/c1-16(2,3)17-15(20)12-8-10-4-5-13(19)18-7-6-11(9-12)14(10)18/h8-9H,4-7H2,1-3H3,(H,17,20). The molecule has 20 heavy (non-hydrogen) atoms. The number of anilines is 1. The van der Waals surface area contributed by atoms with Gasteiger partial charge in [0, 0.05) is 24.1 Å². The number of aryl methyl sites for hydroxylation is 1. The molecule has 2 aliphatic heterocycles. The highest BCUT2D eigenvalue weighted by molar-refractivity contribution is 6.01. The fourth-order valence-corrected chi connectivity index (χ4v) is 3.00. The summed E-state index contributed by atoms with van der Waals surface area (Å²) in [5.74, 6) is 0.176. The van der Waals surface area contributed by atoms with Gasteiger partial charge in [0.15, 0.2) is 0 Å². The van der Waals surface area contributed by atoms with Gasteiger partial charge in [-0.05, 0) is 56.9 Å². The molecule has 0 aliphatic carbocycles. The minimum atomic E-state index is -0.241. The average molecular weight is 272 g/mol. The molecule has 0 fully saturated rings. The lowest BCUT2D eigenvalue weighted by atomic mass is 9.96. The Labute approximate surface area is 119 Å². The van der Waals surface area contributed by atoms with E-state index in [9.17, 15) is 9.59 Å². The van der Waals surface area contributed by atoms with Gasteiger partial charge in [-0.1, -0.05) is 0 Å². The van der Waals surface area contributed by atoms with Crippen LogP contribution in [0, 0.1) is 0 Å². The number of benzene rings is 1. The van der Waals surface area contributed by atoms with Crippen LogP contribution in [0.1, 0.15) is 48.7 Å². The van der Waals surface area contributed by atoms with Crippen LogP contribution in [-0.2, 0) is 17.6 Å². The van der Waals surface area contributed by atoms with Gasteiger partial charge < -0.3 is 10.2 Å². The molecule has 2 heterocycles. The second-order valence-electron chi connectivity index (χ2n) is 6.64. The molecule has 106 valence electrons. The van der Waals surface area contributed by atoms with Crippen molar-refractivity contribution in [2.75, 3.05) is 11.4 Å². The van der Waals surface area contributed by atoms with Crippen molar-refractivity contribution in [2.45, 2.75) is 45.6 Å². The molecule has 4 nitrogen and oxygen atoms in total. The molecular weight excluding hydrogens is 252 g/mol. The lowest BCUT2D eigenvalue weighted by Gasteiger charge is -2.26. The van der Waals surface area contributed by atoms with Crippen LogP contribution in [0.2, 0.25) is 0 Å². The van der Waals surface area contributed by atoms with Crippen molar-refractivity contribution in [3.05, 3.63) is 28.8 Å². The van der Waals surface area contributed by atoms with E-state index >= 15 is 0 Å². The molecule has 0 atom stereocenters. The summed E-state index contributed by atoms with van der Waals surface area (Å²) in [4.78, 5) is 26.0. The molecule has 1 aromatic carbocycles. The van der Waals surface area contributed by atoms with Crippen LogP contribution in [0.25, 0.3) is 0 Å². The van der Waals surface area contributed by atoms with Gasteiger partial charge in [-0.2, -0.15) is 0 Å². The number of nitrogens with one attached hydrogen (secondary N) is 1. The highest BCUT2D eigenvalue weighted by Gasteiger charge is 2.32. The average Bonchev–Trinajstić information content (AvgIpc) is 2.77. The second kappa shape index (κ2) is 4.33. The van der Waals surface area contributed by atoms with Crippen LogP contribution in [-0.4, -0.2) is 23.9 Å². The highest BCUT2D eigenvalue weighted by atomic mass is 16.2. The summed E-state index contributed by atoms with van der Waals surface area (Å²) in [5.41, 5.74) is 3.81. The first-order chi connectivity index (χ1) is 9.35. The lowest BCUT2D eigenvalue weighted by Crippen LogP contribution is -2.40. The van der Waals surface area contributed by atoms with Crippen LogP contribution in [0.4, 0.5) is 5.69 Å². The Kier molecular flexibility index (Phi) is 2.85. The van der Waals surface area contributed by atoms with Crippen molar-refractivity contribution < 1.29 is 9.59 Å². The van der Waals surface area contributed by atoms with E-state index < -0.39 is 0 Å². The summed E-state index contributed by atoms with van der Waals surface area (Å²) in [7, 11) is 0. The summed E-state index contributed by atoms with van der Waals surface area (Å²) < 4.78 is 0. The van der Waals surface area contributed by atoms with Crippen LogP contribution >= 0.6 is 0 Å². The van der Waals surface area contributed by atoms with E-state index in [4.69, 9.17) is 0 Å². The van der Waals surface area contributed by atoms with Crippen molar-refractivity contribution >= 4 is 17.5 Å². The van der Waals surface area contributed by atoms with Crippen LogP contribution in [0.3, 0.4) is 0 Å². The van der Waals surface area contributed by atoms with E-state index in [2.05, 4.69) is 5.32 Å².